The fourth-order valence-electron chi connectivity index (χ4n) is 2.15. The summed E-state index contributed by atoms with van der Waals surface area (Å²) in [6.45, 7) is 5.32. The molecule has 1 N–H and O–H groups in total. The normalized spacial score (nSPS) is 12.8. The van der Waals surface area contributed by atoms with Crippen LogP contribution in [0.25, 0.3) is 0 Å². The highest BCUT2D eigenvalue weighted by molar-refractivity contribution is 9.10. The van der Waals surface area contributed by atoms with Crippen molar-refractivity contribution >= 4 is 38.9 Å². The van der Waals surface area contributed by atoms with Gasteiger partial charge >= 0.3 is 0 Å². The van der Waals surface area contributed by atoms with E-state index in [1.54, 1.807) is 11.3 Å². The molecule has 0 fully saturated rings. The molecule has 0 bridgehead atoms. The Bertz CT molecular complexity index is 553. The van der Waals surface area contributed by atoms with Crippen molar-refractivity contribution in [2.45, 2.75) is 32.2 Å². The molecule has 1 atom stereocenters. The number of rotatable bonds is 6. The lowest BCUT2D eigenvalue weighted by molar-refractivity contribution is 0.528. The average Bonchev–Trinajstić information content (AvgIpc) is 2.80. The smallest absolute Gasteiger partial charge is 0.0408 e. The SMILES string of the molecule is CC(C)NCC(Cc1cc(Br)cs1)c1cccc(Cl)c1. The zero-order valence-corrected chi connectivity index (χ0v) is 14.9. The van der Waals surface area contributed by atoms with Crippen LogP contribution in [0.5, 0.6) is 0 Å². The lowest BCUT2D eigenvalue weighted by atomic mass is 9.94. The van der Waals surface area contributed by atoms with Gasteiger partial charge in [0.2, 0.25) is 0 Å². The molecule has 1 nitrogen and oxygen atoms in total. The van der Waals surface area contributed by atoms with Crippen molar-refractivity contribution in [3.63, 3.8) is 0 Å². The number of hydrogen-bond acceptors (Lipinski definition) is 2. The maximum atomic E-state index is 6.13. The van der Waals surface area contributed by atoms with E-state index in [4.69, 9.17) is 11.6 Å². The van der Waals surface area contributed by atoms with Crippen LogP contribution in [0, 0.1) is 0 Å². The first kappa shape index (κ1) is 16.0. The predicted octanol–water partition coefficient (Wildman–Crippen LogP) is 5.49. The van der Waals surface area contributed by atoms with Crippen LogP contribution in [0.3, 0.4) is 0 Å². The maximum Gasteiger partial charge on any atom is 0.0408 e. The van der Waals surface area contributed by atoms with Gasteiger partial charge in [0.05, 0.1) is 0 Å². The molecular weight excluding hydrogens is 354 g/mol. The van der Waals surface area contributed by atoms with Gasteiger partial charge in [0.15, 0.2) is 0 Å². The molecular formula is C16H19BrClNS. The highest BCUT2D eigenvalue weighted by Gasteiger charge is 2.14. The summed E-state index contributed by atoms with van der Waals surface area (Å²) in [4.78, 5) is 1.40. The second-order valence-corrected chi connectivity index (χ2v) is 7.60. The molecule has 0 saturated heterocycles. The Morgan fingerprint density at radius 2 is 2.10 bits per heavy atom. The topological polar surface area (TPSA) is 12.0 Å². The predicted molar refractivity (Wildman–Crippen MR) is 93.1 cm³/mol. The maximum absolute atomic E-state index is 6.13. The van der Waals surface area contributed by atoms with E-state index in [2.05, 4.69) is 58.7 Å². The zero-order valence-electron chi connectivity index (χ0n) is 11.7. The number of nitrogens with one attached hydrogen (secondary N) is 1. The molecule has 0 spiro atoms. The number of benzene rings is 1. The van der Waals surface area contributed by atoms with Crippen LogP contribution in [0.2, 0.25) is 5.02 Å². The van der Waals surface area contributed by atoms with Crippen molar-refractivity contribution in [3.05, 3.63) is 55.6 Å². The van der Waals surface area contributed by atoms with Crippen LogP contribution in [0.1, 0.15) is 30.2 Å². The summed E-state index contributed by atoms with van der Waals surface area (Å²) >= 11 is 11.5. The minimum Gasteiger partial charge on any atom is -0.314 e. The summed E-state index contributed by atoms with van der Waals surface area (Å²) in [6, 6.07) is 10.9. The van der Waals surface area contributed by atoms with E-state index >= 15 is 0 Å². The van der Waals surface area contributed by atoms with Crippen molar-refractivity contribution < 1.29 is 0 Å². The fourth-order valence-corrected chi connectivity index (χ4v) is 3.88. The molecule has 20 heavy (non-hydrogen) atoms. The summed E-state index contributed by atoms with van der Waals surface area (Å²) < 4.78 is 1.17. The Kier molecular flexibility index (Phi) is 6.09. The molecule has 0 saturated carbocycles. The molecule has 2 aromatic rings. The zero-order chi connectivity index (χ0) is 14.5. The Morgan fingerprint density at radius 3 is 2.70 bits per heavy atom. The molecule has 0 aliphatic rings. The first-order chi connectivity index (χ1) is 9.54. The summed E-state index contributed by atoms with van der Waals surface area (Å²) in [5.41, 5.74) is 1.30. The second-order valence-electron chi connectivity index (χ2n) is 5.25. The summed E-state index contributed by atoms with van der Waals surface area (Å²) in [6.07, 6.45) is 1.04. The van der Waals surface area contributed by atoms with Crippen molar-refractivity contribution in [1.29, 1.82) is 0 Å². The summed E-state index contributed by atoms with van der Waals surface area (Å²) in [5, 5.41) is 6.49. The first-order valence-electron chi connectivity index (χ1n) is 6.76. The van der Waals surface area contributed by atoms with Crippen molar-refractivity contribution in [3.8, 4) is 0 Å². The van der Waals surface area contributed by atoms with E-state index < -0.39 is 0 Å². The molecule has 0 aliphatic carbocycles. The molecule has 1 aromatic carbocycles. The van der Waals surface area contributed by atoms with Gasteiger partial charge in [-0.3, -0.25) is 0 Å². The summed E-state index contributed by atoms with van der Waals surface area (Å²) in [7, 11) is 0. The lowest BCUT2D eigenvalue weighted by Crippen LogP contribution is -2.28. The molecule has 1 unspecified atom stereocenters. The highest BCUT2D eigenvalue weighted by atomic mass is 79.9. The first-order valence-corrected chi connectivity index (χ1v) is 8.81. The minimum atomic E-state index is 0.446. The second kappa shape index (κ2) is 7.60. The van der Waals surface area contributed by atoms with E-state index in [-0.39, 0.29) is 0 Å². The molecule has 1 aromatic heterocycles. The van der Waals surface area contributed by atoms with E-state index in [0.717, 1.165) is 18.0 Å². The van der Waals surface area contributed by atoms with Crippen molar-refractivity contribution in [2.75, 3.05) is 6.54 Å². The average molecular weight is 373 g/mol. The van der Waals surface area contributed by atoms with Crippen molar-refractivity contribution in [1.82, 2.24) is 5.32 Å². The van der Waals surface area contributed by atoms with Gasteiger partial charge < -0.3 is 5.32 Å². The van der Waals surface area contributed by atoms with Gasteiger partial charge in [0.1, 0.15) is 0 Å². The Hall–Kier alpha value is -0.350. The molecule has 4 heteroatoms. The van der Waals surface area contributed by atoms with E-state index in [1.165, 1.54) is 14.9 Å². The van der Waals surface area contributed by atoms with Crippen LogP contribution in [0.15, 0.2) is 40.2 Å². The van der Waals surface area contributed by atoms with Gasteiger partial charge in [-0.05, 0) is 46.1 Å². The molecule has 108 valence electrons. The van der Waals surface area contributed by atoms with Crippen LogP contribution in [0.4, 0.5) is 0 Å². The fraction of sp³-hybridized carbons (Fsp3) is 0.375. The van der Waals surface area contributed by atoms with Gasteiger partial charge in [-0.15, -0.1) is 11.3 Å². The third-order valence-corrected chi connectivity index (χ3v) is 5.12. The summed E-state index contributed by atoms with van der Waals surface area (Å²) in [5.74, 6) is 0.446. The van der Waals surface area contributed by atoms with Gasteiger partial charge in [0.25, 0.3) is 0 Å². The standard InChI is InChI=1S/C16H19BrClNS/c1-11(2)19-9-13(7-16-8-14(17)10-20-16)12-4-3-5-15(18)6-12/h3-6,8,10-11,13,19H,7,9H2,1-2H3. The minimum absolute atomic E-state index is 0.446. The lowest BCUT2D eigenvalue weighted by Gasteiger charge is -2.19. The van der Waals surface area contributed by atoms with Crippen molar-refractivity contribution in [2.24, 2.45) is 0 Å². The third kappa shape index (κ3) is 4.88. The Balaban J connectivity index is 2.15. The quantitative estimate of drug-likeness (QED) is 0.707. The van der Waals surface area contributed by atoms with Crippen LogP contribution >= 0.6 is 38.9 Å². The van der Waals surface area contributed by atoms with Crippen LogP contribution < -0.4 is 5.32 Å². The molecule has 0 amide bonds. The van der Waals surface area contributed by atoms with E-state index in [1.807, 2.05) is 12.1 Å². The van der Waals surface area contributed by atoms with E-state index in [0.29, 0.717) is 12.0 Å². The number of thiophene rings is 1. The van der Waals surface area contributed by atoms with E-state index in [9.17, 15) is 0 Å². The highest BCUT2D eigenvalue weighted by Crippen LogP contribution is 2.28. The number of hydrogen-bond donors (Lipinski definition) is 1. The van der Waals surface area contributed by atoms with Gasteiger partial charge in [-0.25, -0.2) is 0 Å². The Morgan fingerprint density at radius 1 is 1.30 bits per heavy atom. The van der Waals surface area contributed by atoms with Gasteiger partial charge in [0, 0.05) is 38.3 Å². The van der Waals surface area contributed by atoms with Gasteiger partial charge in [-0.1, -0.05) is 37.6 Å². The largest absolute Gasteiger partial charge is 0.314 e. The monoisotopic (exact) mass is 371 g/mol. The molecule has 0 aliphatic heterocycles. The van der Waals surface area contributed by atoms with Crippen LogP contribution in [-0.2, 0) is 6.42 Å². The third-order valence-electron chi connectivity index (χ3n) is 3.16. The molecule has 2 rings (SSSR count). The molecule has 1 heterocycles. The van der Waals surface area contributed by atoms with Gasteiger partial charge in [-0.2, -0.15) is 0 Å². The molecule has 0 radical (unpaired) electrons. The Labute approximate surface area is 138 Å². The number of halogens is 2. The van der Waals surface area contributed by atoms with Crippen LogP contribution in [-0.4, -0.2) is 12.6 Å².